The Balaban J connectivity index is 1.69. The molecule has 1 aromatic heterocycles. The summed E-state index contributed by atoms with van der Waals surface area (Å²) in [5.74, 6) is 1.08. The molecule has 2 heterocycles. The minimum atomic E-state index is -0.850. The molecule has 5 aromatic rings. The molecule has 44 heavy (non-hydrogen) atoms. The predicted octanol–water partition coefficient (Wildman–Crippen LogP) is 5.11. The highest BCUT2D eigenvalue weighted by Gasteiger charge is 2.35. The average molecular weight is 607 g/mol. The van der Waals surface area contributed by atoms with E-state index in [2.05, 4.69) is 0 Å². The van der Waals surface area contributed by atoms with Gasteiger partial charge in [0.15, 0.2) is 16.3 Å². The van der Waals surface area contributed by atoms with Crippen LogP contribution in [-0.2, 0) is 9.53 Å². The minimum Gasteiger partial charge on any atom is -0.496 e. The molecule has 0 unspecified atom stereocenters. The third kappa shape index (κ3) is 5.05. The van der Waals surface area contributed by atoms with E-state index in [1.54, 1.807) is 45.0 Å². The van der Waals surface area contributed by atoms with Crippen LogP contribution in [0.25, 0.3) is 22.5 Å². The van der Waals surface area contributed by atoms with Crippen molar-refractivity contribution in [1.82, 2.24) is 4.57 Å². The molecular weight excluding hydrogens is 576 g/mol. The van der Waals surface area contributed by atoms with Gasteiger partial charge in [-0.25, -0.2) is 9.79 Å². The van der Waals surface area contributed by atoms with Crippen LogP contribution in [0.5, 0.6) is 17.2 Å². The zero-order valence-electron chi connectivity index (χ0n) is 24.7. The van der Waals surface area contributed by atoms with Crippen LogP contribution in [-0.4, -0.2) is 38.5 Å². The first-order valence-electron chi connectivity index (χ1n) is 14.0. The van der Waals surface area contributed by atoms with Crippen molar-refractivity contribution in [2.45, 2.75) is 13.0 Å². The van der Waals surface area contributed by atoms with Gasteiger partial charge in [-0.3, -0.25) is 9.36 Å². The fourth-order valence-electron chi connectivity index (χ4n) is 5.51. The largest absolute Gasteiger partial charge is 0.496 e. The lowest BCUT2D eigenvalue weighted by Gasteiger charge is -2.26. The first-order chi connectivity index (χ1) is 21.5. The second-order valence-electron chi connectivity index (χ2n) is 9.95. The fraction of sp³-hybridized carbons (Fsp3) is 0.171. The first kappa shape index (κ1) is 28.9. The SMILES string of the molecule is CCOC(=O)C1=C(c2ccccc2)N=c2s/c(=C/c3c(OC)ccc4ccccc34)c(=O)n2[C@@H]1c1ccc(OC)c(OC)c1. The third-order valence-corrected chi connectivity index (χ3v) is 8.51. The van der Waals surface area contributed by atoms with Gasteiger partial charge < -0.3 is 18.9 Å². The van der Waals surface area contributed by atoms with Crippen LogP contribution in [0, 0.1) is 0 Å². The van der Waals surface area contributed by atoms with Gasteiger partial charge in [-0.1, -0.05) is 78.1 Å². The Morgan fingerprint density at radius 1 is 0.886 bits per heavy atom. The highest BCUT2D eigenvalue weighted by Crippen LogP contribution is 2.38. The van der Waals surface area contributed by atoms with E-state index in [0.29, 0.717) is 37.8 Å². The number of nitrogens with zero attached hydrogens (tertiary/aromatic N) is 2. The number of methoxy groups -OCH3 is 3. The molecule has 0 aliphatic carbocycles. The van der Waals surface area contributed by atoms with Crippen LogP contribution in [0.15, 0.2) is 100 Å². The van der Waals surface area contributed by atoms with Crippen molar-refractivity contribution in [3.05, 3.63) is 127 Å². The van der Waals surface area contributed by atoms with E-state index in [-0.39, 0.29) is 17.7 Å². The number of fused-ring (bicyclic) bond motifs is 2. The molecule has 0 spiro atoms. The monoisotopic (exact) mass is 606 g/mol. The third-order valence-electron chi connectivity index (χ3n) is 7.52. The summed E-state index contributed by atoms with van der Waals surface area (Å²) in [4.78, 5) is 33.5. The topological polar surface area (TPSA) is 88.4 Å². The van der Waals surface area contributed by atoms with E-state index >= 15 is 0 Å². The number of benzene rings is 4. The number of thiazole rings is 1. The van der Waals surface area contributed by atoms with Crippen molar-refractivity contribution in [3.63, 3.8) is 0 Å². The molecule has 1 aliphatic rings. The van der Waals surface area contributed by atoms with Crippen LogP contribution in [0.4, 0.5) is 0 Å². The van der Waals surface area contributed by atoms with E-state index in [9.17, 15) is 9.59 Å². The summed E-state index contributed by atoms with van der Waals surface area (Å²) in [7, 11) is 4.71. The van der Waals surface area contributed by atoms with Gasteiger partial charge in [-0.15, -0.1) is 0 Å². The summed E-state index contributed by atoms with van der Waals surface area (Å²) in [6, 6.07) is 25.8. The number of esters is 1. The molecular formula is C35H30N2O6S. The number of ether oxygens (including phenoxy) is 4. The minimum absolute atomic E-state index is 0.161. The van der Waals surface area contributed by atoms with Crippen LogP contribution >= 0.6 is 11.3 Å². The number of hydrogen-bond donors (Lipinski definition) is 0. The summed E-state index contributed by atoms with van der Waals surface area (Å²) >= 11 is 1.26. The van der Waals surface area contributed by atoms with E-state index in [0.717, 1.165) is 21.9 Å². The Bertz CT molecular complexity index is 2100. The molecule has 222 valence electrons. The van der Waals surface area contributed by atoms with E-state index in [1.165, 1.54) is 11.3 Å². The van der Waals surface area contributed by atoms with E-state index in [4.69, 9.17) is 23.9 Å². The Hall–Kier alpha value is -5.15. The molecule has 1 aliphatic heterocycles. The summed E-state index contributed by atoms with van der Waals surface area (Å²) in [5, 5.41) is 1.97. The Morgan fingerprint density at radius 3 is 2.32 bits per heavy atom. The zero-order chi connectivity index (χ0) is 30.8. The van der Waals surface area contributed by atoms with E-state index < -0.39 is 12.0 Å². The lowest BCUT2D eigenvalue weighted by molar-refractivity contribution is -0.138. The van der Waals surface area contributed by atoms with Gasteiger partial charge >= 0.3 is 5.97 Å². The molecule has 0 N–H and O–H groups in total. The van der Waals surface area contributed by atoms with Gasteiger partial charge in [0.1, 0.15) is 5.75 Å². The van der Waals surface area contributed by atoms with Crippen molar-refractivity contribution in [1.29, 1.82) is 0 Å². The van der Waals surface area contributed by atoms with Crippen molar-refractivity contribution in [2.24, 2.45) is 4.99 Å². The number of rotatable bonds is 8. The second kappa shape index (κ2) is 12.2. The number of carbonyl (C=O) groups is 1. The number of hydrogen-bond acceptors (Lipinski definition) is 8. The molecule has 6 rings (SSSR count). The molecule has 0 amide bonds. The molecule has 0 bridgehead atoms. The highest BCUT2D eigenvalue weighted by molar-refractivity contribution is 7.07. The predicted molar refractivity (Wildman–Crippen MR) is 171 cm³/mol. The van der Waals surface area contributed by atoms with Crippen molar-refractivity contribution >= 4 is 39.9 Å². The van der Waals surface area contributed by atoms with Crippen LogP contribution in [0.2, 0.25) is 0 Å². The Morgan fingerprint density at radius 2 is 1.59 bits per heavy atom. The van der Waals surface area contributed by atoms with Gasteiger partial charge in [0.05, 0.1) is 49.8 Å². The molecule has 8 nitrogen and oxygen atoms in total. The summed E-state index contributed by atoms with van der Waals surface area (Å²) < 4.78 is 24.4. The fourth-order valence-corrected chi connectivity index (χ4v) is 6.49. The maximum atomic E-state index is 14.4. The lowest BCUT2D eigenvalue weighted by Crippen LogP contribution is -2.40. The first-order valence-corrected chi connectivity index (χ1v) is 14.9. The smallest absolute Gasteiger partial charge is 0.338 e. The molecule has 0 saturated carbocycles. The van der Waals surface area contributed by atoms with Crippen molar-refractivity contribution in [3.8, 4) is 17.2 Å². The molecule has 1 atom stereocenters. The lowest BCUT2D eigenvalue weighted by atomic mass is 9.93. The second-order valence-corrected chi connectivity index (χ2v) is 11.0. The Kier molecular flexibility index (Phi) is 8.04. The van der Waals surface area contributed by atoms with Crippen LogP contribution < -0.4 is 29.1 Å². The van der Waals surface area contributed by atoms with E-state index in [1.807, 2.05) is 78.9 Å². The van der Waals surface area contributed by atoms with Gasteiger partial charge in [-0.05, 0) is 47.5 Å². The summed E-state index contributed by atoms with van der Waals surface area (Å²) in [6.07, 6.45) is 1.84. The molecule has 0 fully saturated rings. The van der Waals surface area contributed by atoms with Crippen LogP contribution in [0.1, 0.15) is 29.7 Å². The quantitative estimate of drug-likeness (QED) is 0.228. The zero-order valence-corrected chi connectivity index (χ0v) is 25.5. The van der Waals surface area contributed by atoms with Gasteiger partial charge in [-0.2, -0.15) is 0 Å². The standard InChI is InChI=1S/C35H30N2O6S/c1-5-43-34(39)30-31(22-12-7-6-8-13-22)36-35-37(32(30)23-16-18-27(41-3)28(19-23)42-4)33(38)29(44-35)20-25-24-14-10-9-11-21(24)15-17-26(25)40-2/h6-20,32H,5H2,1-4H3/b29-20+/t32-/m1/s1. The van der Waals surface area contributed by atoms with Gasteiger partial charge in [0.25, 0.3) is 5.56 Å². The number of aromatic nitrogens is 1. The molecule has 9 heteroatoms. The van der Waals surface area contributed by atoms with Crippen molar-refractivity contribution in [2.75, 3.05) is 27.9 Å². The maximum absolute atomic E-state index is 14.4. The summed E-state index contributed by atoms with van der Waals surface area (Å²) in [6.45, 7) is 1.91. The molecule has 4 aromatic carbocycles. The van der Waals surface area contributed by atoms with Crippen molar-refractivity contribution < 1.29 is 23.7 Å². The maximum Gasteiger partial charge on any atom is 0.338 e. The van der Waals surface area contributed by atoms with Gasteiger partial charge in [0.2, 0.25) is 0 Å². The van der Waals surface area contributed by atoms with Crippen LogP contribution in [0.3, 0.4) is 0 Å². The normalized spacial score (nSPS) is 14.6. The summed E-state index contributed by atoms with van der Waals surface area (Å²) in [5.41, 5.74) is 2.56. The van der Waals surface area contributed by atoms with Gasteiger partial charge in [0, 0.05) is 11.1 Å². The molecule has 0 saturated heterocycles. The average Bonchev–Trinajstić information content (AvgIpc) is 3.38. The number of carbonyl (C=O) groups excluding carboxylic acids is 1. The highest BCUT2D eigenvalue weighted by atomic mass is 32.1. The molecule has 0 radical (unpaired) electrons. The Labute approximate surface area is 257 Å².